The van der Waals surface area contributed by atoms with Gasteiger partial charge >= 0.3 is 0 Å². The van der Waals surface area contributed by atoms with Gasteiger partial charge in [-0.05, 0) is 25.8 Å². The number of aryl methyl sites for hydroxylation is 1. The van der Waals surface area contributed by atoms with Gasteiger partial charge in [0.1, 0.15) is 0 Å². The molecule has 6 heteroatoms. The second-order valence-electron chi connectivity index (χ2n) is 4.63. The van der Waals surface area contributed by atoms with Crippen molar-refractivity contribution in [3.05, 3.63) is 18.0 Å². The lowest BCUT2D eigenvalue weighted by atomic mass is 9.79. The topological polar surface area (TPSA) is 90.1 Å². The number of nitrogens with two attached hydrogens (primary N) is 1. The number of carbonyl (C=O) groups is 1. The fourth-order valence-corrected chi connectivity index (χ4v) is 2.05. The molecule has 18 heavy (non-hydrogen) atoms. The van der Waals surface area contributed by atoms with E-state index in [2.05, 4.69) is 15.3 Å². The van der Waals surface area contributed by atoms with Gasteiger partial charge in [-0.1, -0.05) is 0 Å². The monoisotopic (exact) mass is 250 g/mol. The minimum atomic E-state index is -0.550. The number of nitrogens with zero attached hydrogens (tertiary/aromatic N) is 2. The highest BCUT2D eigenvalue weighted by atomic mass is 16.5. The van der Waals surface area contributed by atoms with Crippen LogP contribution in [0.1, 0.15) is 18.5 Å². The molecule has 1 aromatic rings. The lowest BCUT2D eigenvalue weighted by Gasteiger charge is -2.34. The molecule has 1 saturated heterocycles. The van der Waals surface area contributed by atoms with Crippen LogP contribution in [-0.2, 0) is 9.53 Å². The van der Waals surface area contributed by atoms with Gasteiger partial charge < -0.3 is 15.8 Å². The maximum Gasteiger partial charge on any atom is 0.225 e. The molecular formula is C12H18N4O2. The van der Waals surface area contributed by atoms with Crippen molar-refractivity contribution in [2.45, 2.75) is 19.8 Å². The summed E-state index contributed by atoms with van der Waals surface area (Å²) in [6.45, 7) is 3.49. The third kappa shape index (κ3) is 2.76. The molecule has 0 radical (unpaired) electrons. The lowest BCUT2D eigenvalue weighted by molar-refractivity contribution is -0.132. The van der Waals surface area contributed by atoms with E-state index in [4.69, 9.17) is 10.5 Å². The van der Waals surface area contributed by atoms with Gasteiger partial charge in [0.15, 0.2) is 0 Å². The second-order valence-corrected chi connectivity index (χ2v) is 4.63. The summed E-state index contributed by atoms with van der Waals surface area (Å²) in [5.74, 6) is 0.244. The molecule has 1 aromatic heterocycles. The lowest BCUT2D eigenvalue weighted by Crippen LogP contribution is -2.46. The average Bonchev–Trinajstić information content (AvgIpc) is 2.37. The molecule has 0 saturated carbocycles. The molecule has 0 unspecified atom stereocenters. The van der Waals surface area contributed by atoms with E-state index in [1.165, 1.54) is 0 Å². The van der Waals surface area contributed by atoms with Crippen molar-refractivity contribution in [1.82, 2.24) is 9.97 Å². The van der Waals surface area contributed by atoms with Crippen LogP contribution in [0.2, 0.25) is 0 Å². The molecule has 2 rings (SSSR count). The number of aromatic nitrogens is 2. The minimum Gasteiger partial charge on any atom is -0.381 e. The summed E-state index contributed by atoms with van der Waals surface area (Å²) in [6, 6.07) is 1.82. The smallest absolute Gasteiger partial charge is 0.225 e. The molecule has 6 nitrogen and oxygen atoms in total. The average molecular weight is 250 g/mol. The largest absolute Gasteiger partial charge is 0.381 e. The molecule has 1 aliphatic heterocycles. The first-order chi connectivity index (χ1) is 8.62. The summed E-state index contributed by atoms with van der Waals surface area (Å²) in [7, 11) is 0. The molecule has 1 fully saturated rings. The van der Waals surface area contributed by atoms with E-state index in [0.717, 1.165) is 5.69 Å². The number of ether oxygens (including phenoxy) is 1. The third-order valence-corrected chi connectivity index (χ3v) is 3.35. The van der Waals surface area contributed by atoms with E-state index in [1.807, 2.05) is 13.0 Å². The normalized spacial score (nSPS) is 18.3. The summed E-state index contributed by atoms with van der Waals surface area (Å²) < 4.78 is 5.28. The number of carbonyl (C=O) groups excluding carboxylic acids is 1. The van der Waals surface area contributed by atoms with Crippen LogP contribution in [0.4, 0.5) is 5.95 Å². The van der Waals surface area contributed by atoms with Crippen molar-refractivity contribution in [1.29, 1.82) is 0 Å². The summed E-state index contributed by atoms with van der Waals surface area (Å²) in [5, 5.41) is 3.10. The highest BCUT2D eigenvalue weighted by Gasteiger charge is 2.38. The number of rotatable bonds is 4. The second kappa shape index (κ2) is 5.30. The number of hydrogen-bond acceptors (Lipinski definition) is 5. The Labute approximate surface area is 106 Å². The Morgan fingerprint density at radius 3 is 2.89 bits per heavy atom. The van der Waals surface area contributed by atoms with Crippen LogP contribution in [-0.4, -0.2) is 35.6 Å². The first-order valence-electron chi connectivity index (χ1n) is 6.04. The number of amides is 1. The van der Waals surface area contributed by atoms with E-state index in [1.54, 1.807) is 6.20 Å². The Hall–Kier alpha value is -1.69. The summed E-state index contributed by atoms with van der Waals surface area (Å²) in [4.78, 5) is 20.0. The van der Waals surface area contributed by atoms with E-state index >= 15 is 0 Å². The standard InChI is InChI=1S/C12H18N4O2/c1-9-2-5-14-11(16-9)15-8-12(10(13)17)3-6-18-7-4-12/h2,5H,3-4,6-8H2,1H3,(H2,13,17)(H,14,15,16). The van der Waals surface area contributed by atoms with Gasteiger partial charge in [0, 0.05) is 31.6 Å². The van der Waals surface area contributed by atoms with Crippen molar-refractivity contribution in [2.24, 2.45) is 11.1 Å². The summed E-state index contributed by atoms with van der Waals surface area (Å²) in [6.07, 6.45) is 2.97. The molecule has 0 aliphatic carbocycles. The van der Waals surface area contributed by atoms with Crippen LogP contribution in [0, 0.1) is 12.3 Å². The van der Waals surface area contributed by atoms with Crippen molar-refractivity contribution in [3.8, 4) is 0 Å². The maximum absolute atomic E-state index is 11.7. The van der Waals surface area contributed by atoms with E-state index < -0.39 is 5.41 Å². The Morgan fingerprint density at radius 1 is 1.56 bits per heavy atom. The maximum atomic E-state index is 11.7. The van der Waals surface area contributed by atoms with Crippen LogP contribution >= 0.6 is 0 Å². The van der Waals surface area contributed by atoms with Gasteiger partial charge in [-0.15, -0.1) is 0 Å². The molecule has 1 amide bonds. The highest BCUT2D eigenvalue weighted by Crippen LogP contribution is 2.30. The van der Waals surface area contributed by atoms with Crippen molar-refractivity contribution < 1.29 is 9.53 Å². The Bertz CT molecular complexity index is 430. The Morgan fingerprint density at radius 2 is 2.28 bits per heavy atom. The van der Waals surface area contributed by atoms with E-state index in [0.29, 0.717) is 38.5 Å². The van der Waals surface area contributed by atoms with Gasteiger partial charge in [-0.3, -0.25) is 4.79 Å². The number of primary amides is 1. The number of hydrogen-bond donors (Lipinski definition) is 2. The quantitative estimate of drug-likeness (QED) is 0.811. The van der Waals surface area contributed by atoms with E-state index in [-0.39, 0.29) is 5.91 Å². The molecule has 0 bridgehead atoms. The Kier molecular flexibility index (Phi) is 3.76. The zero-order chi connectivity index (χ0) is 13.0. The van der Waals surface area contributed by atoms with Gasteiger partial charge in [-0.25, -0.2) is 9.97 Å². The fraction of sp³-hybridized carbons (Fsp3) is 0.583. The fourth-order valence-electron chi connectivity index (χ4n) is 2.05. The predicted molar refractivity (Wildman–Crippen MR) is 66.9 cm³/mol. The zero-order valence-corrected chi connectivity index (χ0v) is 10.5. The SMILES string of the molecule is Cc1ccnc(NCC2(C(N)=O)CCOCC2)n1. The molecular weight excluding hydrogens is 232 g/mol. The highest BCUT2D eigenvalue weighted by molar-refractivity contribution is 5.81. The number of nitrogens with one attached hydrogen (secondary N) is 1. The van der Waals surface area contributed by atoms with Crippen LogP contribution < -0.4 is 11.1 Å². The molecule has 0 aromatic carbocycles. The van der Waals surface area contributed by atoms with Gasteiger partial charge in [0.25, 0.3) is 0 Å². The van der Waals surface area contributed by atoms with Gasteiger partial charge in [-0.2, -0.15) is 0 Å². The van der Waals surface area contributed by atoms with Crippen LogP contribution in [0.15, 0.2) is 12.3 Å². The van der Waals surface area contributed by atoms with Crippen LogP contribution in [0.25, 0.3) is 0 Å². The van der Waals surface area contributed by atoms with Crippen molar-refractivity contribution >= 4 is 11.9 Å². The molecule has 98 valence electrons. The first kappa shape index (κ1) is 12.8. The molecule has 3 N–H and O–H groups in total. The molecule has 0 atom stereocenters. The van der Waals surface area contributed by atoms with Crippen LogP contribution in [0.3, 0.4) is 0 Å². The van der Waals surface area contributed by atoms with Crippen LogP contribution in [0.5, 0.6) is 0 Å². The molecule has 0 spiro atoms. The van der Waals surface area contributed by atoms with Gasteiger partial charge in [0.2, 0.25) is 11.9 Å². The van der Waals surface area contributed by atoms with Crippen molar-refractivity contribution in [2.75, 3.05) is 25.1 Å². The summed E-state index contributed by atoms with van der Waals surface area (Å²) >= 11 is 0. The zero-order valence-electron chi connectivity index (χ0n) is 10.5. The first-order valence-corrected chi connectivity index (χ1v) is 6.04. The summed E-state index contributed by atoms with van der Waals surface area (Å²) in [5.41, 5.74) is 5.85. The van der Waals surface area contributed by atoms with Gasteiger partial charge in [0.05, 0.1) is 5.41 Å². The van der Waals surface area contributed by atoms with E-state index in [9.17, 15) is 4.79 Å². The third-order valence-electron chi connectivity index (χ3n) is 3.35. The predicted octanol–water partition coefficient (Wildman–Crippen LogP) is 0.479. The number of anilines is 1. The van der Waals surface area contributed by atoms with Crippen molar-refractivity contribution in [3.63, 3.8) is 0 Å². The minimum absolute atomic E-state index is 0.286. The Balaban J connectivity index is 2.04. The molecule has 1 aliphatic rings. The molecule has 2 heterocycles.